The number of rotatable bonds is 3. The van der Waals surface area contributed by atoms with Gasteiger partial charge in [-0.15, -0.1) is 0 Å². The van der Waals surface area contributed by atoms with Gasteiger partial charge in [-0.25, -0.2) is 19.8 Å². The van der Waals surface area contributed by atoms with Crippen LogP contribution in [0, 0.1) is 17.7 Å². The number of methoxy groups -OCH3 is 1. The second kappa shape index (κ2) is 7.86. The molecule has 0 spiro atoms. The third-order valence-electron chi connectivity index (χ3n) is 3.55. The highest BCUT2D eigenvalue weighted by molar-refractivity contribution is 6.31. The molecule has 7 nitrogen and oxygen atoms in total. The highest BCUT2D eigenvalue weighted by atomic mass is 35.5. The smallest absolute Gasteiger partial charge is 0.319 e. The number of hydroxylamine groups is 1. The lowest BCUT2D eigenvalue weighted by atomic mass is 10.1. The monoisotopic (exact) mass is 386 g/mol. The molecule has 0 saturated heterocycles. The van der Waals surface area contributed by atoms with Gasteiger partial charge < -0.3 is 10.1 Å². The Morgan fingerprint density at radius 1 is 1.30 bits per heavy atom. The number of benzene rings is 2. The molecule has 27 heavy (non-hydrogen) atoms. The fourth-order valence-corrected chi connectivity index (χ4v) is 2.49. The molecule has 3 aromatic rings. The van der Waals surface area contributed by atoms with E-state index in [9.17, 15) is 9.18 Å². The second-order valence-electron chi connectivity index (χ2n) is 5.24. The Labute approximate surface area is 158 Å². The standard InChI is InChI=1S/C18H12ClFN4O3/c1-27-16-8-15-12(6-10(16)2-5-17(25)24-26)18(22-9-21-15)23-11-3-4-14(20)13(19)7-11/h3-4,6-9,26H,1H3,(H,24,25)(H,21,22,23). The van der Waals surface area contributed by atoms with Crippen LogP contribution >= 0.6 is 11.6 Å². The number of nitrogens with zero attached hydrogens (tertiary/aromatic N) is 2. The third kappa shape index (κ3) is 4.06. The van der Waals surface area contributed by atoms with E-state index >= 15 is 0 Å². The number of fused-ring (bicyclic) bond motifs is 1. The number of halogens is 2. The van der Waals surface area contributed by atoms with Crippen LogP contribution in [-0.2, 0) is 4.79 Å². The minimum Gasteiger partial charge on any atom is -0.495 e. The van der Waals surface area contributed by atoms with E-state index < -0.39 is 11.7 Å². The van der Waals surface area contributed by atoms with E-state index in [4.69, 9.17) is 21.5 Å². The normalized spacial score (nSPS) is 10.1. The lowest BCUT2D eigenvalue weighted by Crippen LogP contribution is -2.15. The van der Waals surface area contributed by atoms with Gasteiger partial charge in [0.25, 0.3) is 0 Å². The average Bonchev–Trinajstić information content (AvgIpc) is 2.68. The Kier molecular flexibility index (Phi) is 5.35. The first-order valence-electron chi connectivity index (χ1n) is 7.52. The summed E-state index contributed by atoms with van der Waals surface area (Å²) in [6.07, 6.45) is 1.36. The van der Waals surface area contributed by atoms with Gasteiger partial charge in [0.05, 0.1) is 23.2 Å². The summed E-state index contributed by atoms with van der Waals surface area (Å²) in [4.78, 5) is 19.5. The number of nitrogens with one attached hydrogen (secondary N) is 2. The van der Waals surface area contributed by atoms with E-state index in [0.29, 0.717) is 33.7 Å². The van der Waals surface area contributed by atoms with Crippen molar-refractivity contribution >= 4 is 39.9 Å². The molecule has 3 N–H and O–H groups in total. The molecule has 2 aromatic carbocycles. The van der Waals surface area contributed by atoms with Crippen molar-refractivity contribution in [1.82, 2.24) is 15.4 Å². The predicted octanol–water partition coefficient (Wildman–Crippen LogP) is 3.03. The molecule has 0 unspecified atom stereocenters. The van der Waals surface area contributed by atoms with Crippen LogP contribution in [0.25, 0.3) is 10.9 Å². The van der Waals surface area contributed by atoms with Crippen LogP contribution in [0.5, 0.6) is 5.75 Å². The van der Waals surface area contributed by atoms with Crippen molar-refractivity contribution in [3.05, 3.63) is 53.1 Å². The van der Waals surface area contributed by atoms with Gasteiger partial charge in [0.2, 0.25) is 0 Å². The molecule has 0 saturated carbocycles. The molecule has 136 valence electrons. The van der Waals surface area contributed by atoms with Gasteiger partial charge in [-0.3, -0.25) is 10.0 Å². The van der Waals surface area contributed by atoms with Crippen molar-refractivity contribution in [2.45, 2.75) is 0 Å². The number of amides is 1. The quantitative estimate of drug-likeness (QED) is 0.364. The minimum atomic E-state index is -0.860. The molecular formula is C18H12ClFN4O3. The fourth-order valence-electron chi connectivity index (χ4n) is 2.31. The molecule has 0 aliphatic heterocycles. The maximum Gasteiger partial charge on any atom is 0.319 e. The summed E-state index contributed by atoms with van der Waals surface area (Å²) in [5.41, 5.74) is 2.92. The molecule has 0 radical (unpaired) electrons. The van der Waals surface area contributed by atoms with Crippen molar-refractivity contribution in [2.75, 3.05) is 12.4 Å². The Bertz CT molecular complexity index is 1100. The van der Waals surface area contributed by atoms with E-state index in [1.54, 1.807) is 12.1 Å². The zero-order valence-corrected chi connectivity index (χ0v) is 14.6. The van der Waals surface area contributed by atoms with E-state index in [-0.39, 0.29) is 5.02 Å². The summed E-state index contributed by atoms with van der Waals surface area (Å²) in [5.74, 6) is 4.27. The maximum atomic E-state index is 13.3. The van der Waals surface area contributed by atoms with Crippen molar-refractivity contribution < 1.29 is 19.1 Å². The maximum absolute atomic E-state index is 13.3. The van der Waals surface area contributed by atoms with Crippen molar-refractivity contribution in [3.63, 3.8) is 0 Å². The molecule has 0 bridgehead atoms. The van der Waals surface area contributed by atoms with Gasteiger partial charge in [-0.2, -0.15) is 0 Å². The van der Waals surface area contributed by atoms with Crippen molar-refractivity contribution in [2.24, 2.45) is 0 Å². The van der Waals surface area contributed by atoms with Crippen LogP contribution in [0.4, 0.5) is 15.9 Å². The predicted molar refractivity (Wildman–Crippen MR) is 97.6 cm³/mol. The number of hydrogen-bond donors (Lipinski definition) is 3. The molecule has 9 heteroatoms. The Balaban J connectivity index is 2.09. The lowest BCUT2D eigenvalue weighted by Gasteiger charge is -2.11. The first-order valence-corrected chi connectivity index (χ1v) is 7.90. The van der Waals surface area contributed by atoms with Crippen LogP contribution in [0.15, 0.2) is 36.7 Å². The van der Waals surface area contributed by atoms with Gasteiger partial charge in [0.1, 0.15) is 23.7 Å². The van der Waals surface area contributed by atoms with E-state index in [0.717, 1.165) is 0 Å². The second-order valence-corrected chi connectivity index (χ2v) is 5.64. The summed E-state index contributed by atoms with van der Waals surface area (Å²) in [7, 11) is 1.46. The summed E-state index contributed by atoms with van der Waals surface area (Å²) in [5, 5.41) is 12.2. The number of carbonyl (C=O) groups excluding carboxylic acids is 1. The number of anilines is 2. The third-order valence-corrected chi connectivity index (χ3v) is 3.84. The van der Waals surface area contributed by atoms with Gasteiger partial charge in [0, 0.05) is 23.1 Å². The highest BCUT2D eigenvalue weighted by Gasteiger charge is 2.11. The first-order chi connectivity index (χ1) is 13.0. The van der Waals surface area contributed by atoms with Gasteiger partial charge in [-0.05, 0) is 24.3 Å². The van der Waals surface area contributed by atoms with Crippen LogP contribution in [-0.4, -0.2) is 28.2 Å². The van der Waals surface area contributed by atoms with Crippen LogP contribution in [0.3, 0.4) is 0 Å². The summed E-state index contributed by atoms with van der Waals surface area (Å²) in [6, 6.07) is 7.47. The van der Waals surface area contributed by atoms with E-state index in [2.05, 4.69) is 27.1 Å². The Hall–Kier alpha value is -3.41. The first kappa shape index (κ1) is 18.4. The summed E-state index contributed by atoms with van der Waals surface area (Å²) in [6.45, 7) is 0. The van der Waals surface area contributed by atoms with Crippen LogP contribution in [0.1, 0.15) is 5.56 Å². The highest BCUT2D eigenvalue weighted by Crippen LogP contribution is 2.30. The summed E-state index contributed by atoms with van der Waals surface area (Å²) >= 11 is 5.81. The molecule has 0 atom stereocenters. The topological polar surface area (TPSA) is 96.4 Å². The molecule has 0 aliphatic carbocycles. The zero-order chi connectivity index (χ0) is 19.4. The summed E-state index contributed by atoms with van der Waals surface area (Å²) < 4.78 is 18.6. The number of carbonyl (C=O) groups is 1. The lowest BCUT2D eigenvalue weighted by molar-refractivity contribution is -0.123. The van der Waals surface area contributed by atoms with E-state index in [1.807, 2.05) is 0 Å². The fraction of sp³-hybridized carbons (Fsp3) is 0.0556. The number of hydrogen-bond acceptors (Lipinski definition) is 6. The Morgan fingerprint density at radius 2 is 2.11 bits per heavy atom. The Morgan fingerprint density at radius 3 is 2.81 bits per heavy atom. The SMILES string of the molecule is COc1cc2ncnc(Nc3ccc(F)c(Cl)c3)c2cc1C#CC(=O)NO. The molecule has 1 aromatic heterocycles. The van der Waals surface area contributed by atoms with Gasteiger partial charge in [-0.1, -0.05) is 17.5 Å². The van der Waals surface area contributed by atoms with Crippen LogP contribution in [0.2, 0.25) is 5.02 Å². The van der Waals surface area contributed by atoms with Gasteiger partial charge >= 0.3 is 5.91 Å². The molecular weight excluding hydrogens is 375 g/mol. The van der Waals surface area contributed by atoms with E-state index in [1.165, 1.54) is 37.1 Å². The van der Waals surface area contributed by atoms with Gasteiger partial charge in [0.15, 0.2) is 0 Å². The van der Waals surface area contributed by atoms with Crippen LogP contribution < -0.4 is 15.5 Å². The van der Waals surface area contributed by atoms with Crippen molar-refractivity contribution in [3.8, 4) is 17.6 Å². The van der Waals surface area contributed by atoms with Crippen molar-refractivity contribution in [1.29, 1.82) is 0 Å². The molecule has 1 heterocycles. The largest absolute Gasteiger partial charge is 0.495 e. The number of ether oxygens (including phenoxy) is 1. The zero-order valence-electron chi connectivity index (χ0n) is 13.9. The molecule has 1 amide bonds. The average molecular weight is 387 g/mol. The molecule has 0 aliphatic rings. The number of aromatic nitrogens is 2. The minimum absolute atomic E-state index is 0.0263. The molecule has 3 rings (SSSR count). The molecule has 0 fully saturated rings.